The van der Waals surface area contributed by atoms with Crippen LogP contribution < -0.4 is 4.90 Å². The van der Waals surface area contributed by atoms with Crippen LogP contribution in [0.1, 0.15) is 56.2 Å². The first-order valence-corrected chi connectivity index (χ1v) is 12.2. The van der Waals surface area contributed by atoms with Gasteiger partial charge < -0.3 is 4.90 Å². The third kappa shape index (κ3) is 6.37. The summed E-state index contributed by atoms with van der Waals surface area (Å²) in [4.78, 5) is 5.96. The second-order valence-corrected chi connectivity index (χ2v) is 8.50. The summed E-state index contributed by atoms with van der Waals surface area (Å²) in [6.45, 7) is 14.1. The number of rotatable bonds is 10. The van der Waals surface area contributed by atoms with E-state index >= 15 is 0 Å². The fraction of sp³-hybridized carbons (Fsp3) is 0.290. The summed E-state index contributed by atoms with van der Waals surface area (Å²) in [6, 6.07) is 18.9. The summed E-state index contributed by atoms with van der Waals surface area (Å²) < 4.78 is 0. The van der Waals surface area contributed by atoms with Gasteiger partial charge in [0.25, 0.3) is 5.70 Å². The van der Waals surface area contributed by atoms with E-state index in [2.05, 4.69) is 66.1 Å². The lowest BCUT2D eigenvalue weighted by molar-refractivity contribution is 0.678. The van der Waals surface area contributed by atoms with Crippen molar-refractivity contribution >= 4 is 17.3 Å². The molecule has 0 unspecified atom stereocenters. The molecule has 34 heavy (non-hydrogen) atoms. The van der Waals surface area contributed by atoms with Crippen LogP contribution in [0, 0.1) is 17.9 Å². The van der Waals surface area contributed by atoms with Gasteiger partial charge in [-0.1, -0.05) is 93.5 Å². The fourth-order valence-corrected chi connectivity index (χ4v) is 4.21. The molecule has 2 aromatic rings. The van der Waals surface area contributed by atoms with Crippen LogP contribution in [0.4, 0.5) is 5.69 Å². The Morgan fingerprint density at radius 1 is 1.00 bits per heavy atom. The number of allylic oxidation sites excluding steroid dienone is 7. The molecule has 3 nitrogen and oxygen atoms in total. The van der Waals surface area contributed by atoms with Crippen LogP contribution in [-0.2, 0) is 6.42 Å². The molecule has 0 heterocycles. The summed E-state index contributed by atoms with van der Waals surface area (Å²) in [7, 11) is 0. The molecule has 0 atom stereocenters. The summed E-state index contributed by atoms with van der Waals surface area (Å²) >= 11 is 0. The molecule has 0 saturated carbocycles. The third-order valence-corrected chi connectivity index (χ3v) is 6.07. The van der Waals surface area contributed by atoms with Crippen LogP contribution in [0.3, 0.4) is 0 Å². The standard InChI is InChI=1S/C31H33N3/c1-4-6-21-34(22-7-5-2)28-19-17-25(18-20-28)13-9-8-10-15-27-23-26-14-11-12-16-29(26)31(27)30(24-32)33-3/h8-20H,4-7,21-23H2,1-2H3/b10-8+,13-9+,27-15?,31-30?. The second kappa shape index (κ2) is 13.0. The topological polar surface area (TPSA) is 31.4 Å². The van der Waals surface area contributed by atoms with Gasteiger partial charge in [-0.2, -0.15) is 0 Å². The number of hydrogen-bond acceptors (Lipinski definition) is 2. The summed E-state index contributed by atoms with van der Waals surface area (Å²) in [5.74, 6) is 0. The Hall–Kier alpha value is -3.82. The minimum Gasteiger partial charge on any atom is -0.372 e. The third-order valence-electron chi connectivity index (χ3n) is 6.07. The van der Waals surface area contributed by atoms with Gasteiger partial charge in [0.1, 0.15) is 0 Å². The van der Waals surface area contributed by atoms with Gasteiger partial charge in [-0.3, -0.25) is 0 Å². The smallest absolute Gasteiger partial charge is 0.269 e. The highest BCUT2D eigenvalue weighted by Gasteiger charge is 2.23. The number of nitrogens with zero attached hydrogens (tertiary/aromatic N) is 3. The van der Waals surface area contributed by atoms with Gasteiger partial charge in [-0.25, -0.2) is 10.1 Å². The average molecular weight is 448 g/mol. The van der Waals surface area contributed by atoms with Crippen molar-refractivity contribution in [1.82, 2.24) is 0 Å². The van der Waals surface area contributed by atoms with Crippen molar-refractivity contribution < 1.29 is 0 Å². The SMILES string of the molecule is [C-]#[N+]C(C#N)=C1C(=C/C=C/C=C/c2ccc(N(CCCC)CCCC)cc2)Cc2ccccc21. The van der Waals surface area contributed by atoms with Crippen LogP contribution >= 0.6 is 0 Å². The second-order valence-electron chi connectivity index (χ2n) is 8.50. The monoisotopic (exact) mass is 447 g/mol. The van der Waals surface area contributed by atoms with Crippen molar-refractivity contribution in [3.63, 3.8) is 0 Å². The van der Waals surface area contributed by atoms with Gasteiger partial charge >= 0.3 is 0 Å². The maximum absolute atomic E-state index is 9.42. The number of hydrogen-bond donors (Lipinski definition) is 0. The van der Waals surface area contributed by atoms with Gasteiger partial charge in [-0.05, 0) is 53.7 Å². The molecule has 1 aliphatic rings. The number of anilines is 1. The minimum atomic E-state index is 0.159. The molecule has 0 N–H and O–H groups in total. The Kier molecular flexibility index (Phi) is 9.51. The quantitative estimate of drug-likeness (QED) is 0.210. The van der Waals surface area contributed by atoms with Crippen LogP contribution in [0.2, 0.25) is 0 Å². The first-order chi connectivity index (χ1) is 16.7. The van der Waals surface area contributed by atoms with Crippen molar-refractivity contribution in [2.24, 2.45) is 0 Å². The molecule has 0 radical (unpaired) electrons. The van der Waals surface area contributed by atoms with Gasteiger partial charge in [0, 0.05) is 24.4 Å². The average Bonchev–Trinajstić information content (AvgIpc) is 3.23. The molecular weight excluding hydrogens is 414 g/mol. The number of nitriles is 1. The number of fused-ring (bicyclic) bond motifs is 1. The highest BCUT2D eigenvalue weighted by molar-refractivity contribution is 5.90. The van der Waals surface area contributed by atoms with Crippen LogP contribution in [0.5, 0.6) is 0 Å². The molecule has 0 aromatic heterocycles. The fourth-order valence-electron chi connectivity index (χ4n) is 4.21. The van der Waals surface area contributed by atoms with E-state index in [0.29, 0.717) is 0 Å². The Balaban J connectivity index is 1.69. The number of unbranched alkanes of at least 4 members (excludes halogenated alkanes) is 2. The van der Waals surface area contributed by atoms with Crippen molar-refractivity contribution in [2.75, 3.05) is 18.0 Å². The molecule has 0 fully saturated rings. The lowest BCUT2D eigenvalue weighted by atomic mass is 10.0. The summed E-state index contributed by atoms with van der Waals surface area (Å²) in [6.07, 6.45) is 15.8. The normalized spacial score (nSPS) is 15.5. The van der Waals surface area contributed by atoms with Gasteiger partial charge in [0.05, 0.1) is 12.6 Å². The largest absolute Gasteiger partial charge is 0.372 e. The predicted octanol–water partition coefficient (Wildman–Crippen LogP) is 8.00. The van der Waals surface area contributed by atoms with E-state index in [1.165, 1.54) is 36.9 Å². The Bertz CT molecular complexity index is 1140. The zero-order valence-corrected chi connectivity index (χ0v) is 20.3. The first-order valence-electron chi connectivity index (χ1n) is 12.2. The number of benzene rings is 2. The highest BCUT2D eigenvalue weighted by atomic mass is 15.1. The minimum absolute atomic E-state index is 0.159. The first kappa shape index (κ1) is 24.8. The van der Waals surface area contributed by atoms with E-state index in [9.17, 15) is 5.26 Å². The highest BCUT2D eigenvalue weighted by Crippen LogP contribution is 2.39. The van der Waals surface area contributed by atoms with Crippen molar-refractivity contribution in [2.45, 2.75) is 46.0 Å². The maximum Gasteiger partial charge on any atom is 0.269 e. The molecule has 3 rings (SSSR count). The lowest BCUT2D eigenvalue weighted by Crippen LogP contribution is -2.25. The molecule has 0 bridgehead atoms. The summed E-state index contributed by atoms with van der Waals surface area (Å²) in [5.41, 5.74) is 6.57. The molecule has 3 heteroatoms. The van der Waals surface area contributed by atoms with Crippen molar-refractivity contribution in [3.8, 4) is 6.07 Å². The summed E-state index contributed by atoms with van der Waals surface area (Å²) in [5, 5.41) is 9.42. The Labute approximate surface area is 204 Å². The molecule has 0 spiro atoms. The predicted molar refractivity (Wildman–Crippen MR) is 144 cm³/mol. The molecule has 0 saturated heterocycles. The zero-order chi connectivity index (χ0) is 24.2. The molecule has 0 aliphatic heterocycles. The van der Waals surface area contributed by atoms with Crippen molar-refractivity contribution in [1.29, 1.82) is 5.26 Å². The Morgan fingerprint density at radius 3 is 2.35 bits per heavy atom. The van der Waals surface area contributed by atoms with E-state index in [4.69, 9.17) is 6.57 Å². The Morgan fingerprint density at radius 2 is 1.71 bits per heavy atom. The van der Waals surface area contributed by atoms with E-state index in [1.54, 1.807) is 0 Å². The molecular formula is C31H33N3. The zero-order valence-electron chi connectivity index (χ0n) is 20.3. The van der Waals surface area contributed by atoms with Crippen molar-refractivity contribution in [3.05, 3.63) is 112 Å². The van der Waals surface area contributed by atoms with Gasteiger partial charge in [0.15, 0.2) is 0 Å². The van der Waals surface area contributed by atoms with E-state index in [0.717, 1.165) is 41.8 Å². The van der Waals surface area contributed by atoms with Crippen LogP contribution in [0.25, 0.3) is 16.5 Å². The van der Waals surface area contributed by atoms with E-state index in [-0.39, 0.29) is 5.70 Å². The van der Waals surface area contributed by atoms with Crippen LogP contribution in [-0.4, -0.2) is 13.1 Å². The van der Waals surface area contributed by atoms with E-state index < -0.39 is 0 Å². The van der Waals surface area contributed by atoms with Gasteiger partial charge in [-0.15, -0.1) is 0 Å². The molecule has 2 aromatic carbocycles. The van der Waals surface area contributed by atoms with Gasteiger partial charge in [0.2, 0.25) is 0 Å². The van der Waals surface area contributed by atoms with E-state index in [1.807, 2.05) is 42.5 Å². The van der Waals surface area contributed by atoms with Crippen LogP contribution in [0.15, 0.2) is 84.1 Å². The molecule has 1 aliphatic carbocycles. The maximum atomic E-state index is 9.42. The molecule has 0 amide bonds. The molecule has 172 valence electrons. The lowest BCUT2D eigenvalue weighted by Gasteiger charge is -2.24.